The molecule has 1 aliphatic heterocycles. The molecule has 1 aromatic rings. The van der Waals surface area contributed by atoms with Crippen molar-refractivity contribution >= 4 is 27.6 Å². The topological polar surface area (TPSA) is 64.3 Å². The Hall–Kier alpha value is -0.880. The third-order valence-electron chi connectivity index (χ3n) is 2.66. The summed E-state index contributed by atoms with van der Waals surface area (Å²) in [5, 5.41) is 0. The Morgan fingerprint density at radius 3 is 3.12 bits per heavy atom. The van der Waals surface area contributed by atoms with Crippen LogP contribution in [0.2, 0.25) is 0 Å². The highest BCUT2D eigenvalue weighted by atomic mass is 79.9. The first kappa shape index (κ1) is 11.6. The Balaban J connectivity index is 2.07. The number of hydrogen-bond donors (Lipinski definition) is 1. The number of aromatic nitrogens is 2. The molecule has 16 heavy (non-hydrogen) atoms. The summed E-state index contributed by atoms with van der Waals surface area (Å²) in [6.45, 7) is 1.70. The molecule has 0 aliphatic carbocycles. The minimum atomic E-state index is 0.299. The SMILES string of the molecule is CN(CC1CCCO1)c1ncnc(N)c1Br. The molecule has 0 aromatic carbocycles. The Kier molecular flexibility index (Phi) is 3.60. The maximum absolute atomic E-state index is 5.71. The van der Waals surface area contributed by atoms with Gasteiger partial charge < -0.3 is 15.4 Å². The molecule has 2 heterocycles. The van der Waals surface area contributed by atoms with Crippen LogP contribution in [-0.4, -0.2) is 36.3 Å². The number of rotatable bonds is 3. The number of anilines is 2. The molecule has 1 fully saturated rings. The quantitative estimate of drug-likeness (QED) is 0.911. The van der Waals surface area contributed by atoms with Gasteiger partial charge in [-0.15, -0.1) is 0 Å². The predicted molar refractivity (Wildman–Crippen MR) is 66.4 cm³/mol. The monoisotopic (exact) mass is 286 g/mol. The molecule has 1 aromatic heterocycles. The van der Waals surface area contributed by atoms with Crippen LogP contribution in [0.25, 0.3) is 0 Å². The molecular weight excluding hydrogens is 272 g/mol. The van der Waals surface area contributed by atoms with E-state index in [1.807, 2.05) is 11.9 Å². The van der Waals surface area contributed by atoms with E-state index in [2.05, 4.69) is 25.9 Å². The van der Waals surface area contributed by atoms with Crippen LogP contribution in [0.1, 0.15) is 12.8 Å². The normalized spacial score (nSPS) is 20.0. The van der Waals surface area contributed by atoms with Gasteiger partial charge in [-0.25, -0.2) is 9.97 Å². The first-order valence-electron chi connectivity index (χ1n) is 5.27. The molecule has 88 valence electrons. The molecule has 1 aliphatic rings. The maximum atomic E-state index is 5.71. The fourth-order valence-corrected chi connectivity index (χ4v) is 2.33. The highest BCUT2D eigenvalue weighted by molar-refractivity contribution is 9.10. The van der Waals surface area contributed by atoms with Crippen molar-refractivity contribution in [3.63, 3.8) is 0 Å². The lowest BCUT2D eigenvalue weighted by Gasteiger charge is -2.22. The van der Waals surface area contributed by atoms with Gasteiger partial charge in [0.2, 0.25) is 0 Å². The van der Waals surface area contributed by atoms with E-state index < -0.39 is 0 Å². The second-order valence-electron chi connectivity index (χ2n) is 3.91. The standard InChI is InChI=1S/C10H15BrN4O/c1-15(5-7-3-2-4-16-7)10-8(11)9(12)13-6-14-10/h6-7H,2-5H2,1H3,(H2,12,13,14). The number of ether oxygens (including phenoxy) is 1. The van der Waals surface area contributed by atoms with Crippen molar-refractivity contribution in [1.82, 2.24) is 9.97 Å². The van der Waals surface area contributed by atoms with E-state index in [1.54, 1.807) is 0 Å². The van der Waals surface area contributed by atoms with Gasteiger partial charge in [0.1, 0.15) is 22.4 Å². The van der Waals surface area contributed by atoms with Crippen LogP contribution in [0.4, 0.5) is 11.6 Å². The van der Waals surface area contributed by atoms with E-state index in [9.17, 15) is 0 Å². The van der Waals surface area contributed by atoms with Gasteiger partial charge in [-0.05, 0) is 28.8 Å². The van der Waals surface area contributed by atoms with E-state index >= 15 is 0 Å². The second kappa shape index (κ2) is 4.97. The summed E-state index contributed by atoms with van der Waals surface area (Å²) in [6.07, 6.45) is 4.03. The molecule has 1 saturated heterocycles. The summed E-state index contributed by atoms with van der Waals surface area (Å²) in [7, 11) is 1.98. The van der Waals surface area contributed by atoms with E-state index in [0.29, 0.717) is 11.9 Å². The van der Waals surface area contributed by atoms with Gasteiger partial charge in [0.25, 0.3) is 0 Å². The minimum absolute atomic E-state index is 0.299. The molecule has 0 amide bonds. The fourth-order valence-electron chi connectivity index (χ4n) is 1.82. The van der Waals surface area contributed by atoms with Crippen LogP contribution in [-0.2, 0) is 4.74 Å². The molecule has 0 radical (unpaired) electrons. The average Bonchev–Trinajstić information content (AvgIpc) is 2.74. The van der Waals surface area contributed by atoms with Gasteiger partial charge >= 0.3 is 0 Å². The molecule has 6 heteroatoms. The van der Waals surface area contributed by atoms with Gasteiger partial charge in [0.05, 0.1) is 6.10 Å². The summed E-state index contributed by atoms with van der Waals surface area (Å²) in [6, 6.07) is 0. The van der Waals surface area contributed by atoms with Gasteiger partial charge in [0, 0.05) is 20.2 Å². The van der Waals surface area contributed by atoms with Crippen LogP contribution in [0.15, 0.2) is 10.8 Å². The van der Waals surface area contributed by atoms with E-state index in [1.165, 1.54) is 6.33 Å². The lowest BCUT2D eigenvalue weighted by atomic mass is 10.2. The van der Waals surface area contributed by atoms with Crippen LogP contribution in [0, 0.1) is 0 Å². The summed E-state index contributed by atoms with van der Waals surface area (Å²) in [5.41, 5.74) is 5.71. The zero-order valence-electron chi connectivity index (χ0n) is 9.19. The molecule has 0 bridgehead atoms. The molecule has 1 unspecified atom stereocenters. The predicted octanol–water partition coefficient (Wildman–Crippen LogP) is 1.44. The Morgan fingerprint density at radius 2 is 2.44 bits per heavy atom. The molecular formula is C10H15BrN4O. The maximum Gasteiger partial charge on any atom is 0.148 e. The van der Waals surface area contributed by atoms with Crippen molar-refractivity contribution < 1.29 is 4.74 Å². The lowest BCUT2D eigenvalue weighted by molar-refractivity contribution is 0.116. The first-order valence-corrected chi connectivity index (χ1v) is 6.06. The third kappa shape index (κ3) is 2.44. The van der Waals surface area contributed by atoms with Crippen molar-refractivity contribution in [1.29, 1.82) is 0 Å². The molecule has 2 rings (SSSR count). The minimum Gasteiger partial charge on any atom is -0.383 e. The molecule has 0 saturated carbocycles. The van der Waals surface area contributed by atoms with Gasteiger partial charge in [0.15, 0.2) is 0 Å². The zero-order valence-corrected chi connectivity index (χ0v) is 10.8. The van der Waals surface area contributed by atoms with Crippen molar-refractivity contribution in [2.45, 2.75) is 18.9 Å². The Morgan fingerprint density at radius 1 is 1.62 bits per heavy atom. The third-order valence-corrected chi connectivity index (χ3v) is 3.42. The summed E-state index contributed by atoms with van der Waals surface area (Å²) in [4.78, 5) is 10.2. The van der Waals surface area contributed by atoms with Crippen LogP contribution < -0.4 is 10.6 Å². The number of likely N-dealkylation sites (N-methyl/N-ethyl adjacent to an activating group) is 1. The highest BCUT2D eigenvalue weighted by Crippen LogP contribution is 2.27. The lowest BCUT2D eigenvalue weighted by Crippen LogP contribution is -2.29. The second-order valence-corrected chi connectivity index (χ2v) is 4.71. The number of nitrogens with two attached hydrogens (primary N) is 1. The van der Waals surface area contributed by atoms with Gasteiger partial charge in [-0.3, -0.25) is 0 Å². The fraction of sp³-hybridized carbons (Fsp3) is 0.600. The molecule has 0 spiro atoms. The van der Waals surface area contributed by atoms with Gasteiger partial charge in [-0.1, -0.05) is 0 Å². The van der Waals surface area contributed by atoms with E-state index in [-0.39, 0.29) is 0 Å². The number of hydrogen-bond acceptors (Lipinski definition) is 5. The molecule has 5 nitrogen and oxygen atoms in total. The van der Waals surface area contributed by atoms with Crippen LogP contribution in [0.3, 0.4) is 0 Å². The van der Waals surface area contributed by atoms with Crippen molar-refractivity contribution in [2.75, 3.05) is 30.8 Å². The van der Waals surface area contributed by atoms with Crippen molar-refractivity contribution in [3.05, 3.63) is 10.8 Å². The van der Waals surface area contributed by atoms with E-state index in [4.69, 9.17) is 10.5 Å². The number of nitrogens with zero attached hydrogens (tertiary/aromatic N) is 3. The van der Waals surface area contributed by atoms with E-state index in [0.717, 1.165) is 36.3 Å². The highest BCUT2D eigenvalue weighted by Gasteiger charge is 2.19. The van der Waals surface area contributed by atoms with Gasteiger partial charge in [-0.2, -0.15) is 0 Å². The first-order chi connectivity index (χ1) is 7.68. The molecule has 1 atom stereocenters. The molecule has 2 N–H and O–H groups in total. The Labute approximate surface area is 103 Å². The van der Waals surface area contributed by atoms with Crippen molar-refractivity contribution in [2.24, 2.45) is 0 Å². The van der Waals surface area contributed by atoms with Crippen LogP contribution >= 0.6 is 15.9 Å². The van der Waals surface area contributed by atoms with Crippen LogP contribution in [0.5, 0.6) is 0 Å². The smallest absolute Gasteiger partial charge is 0.148 e. The summed E-state index contributed by atoms with van der Waals surface area (Å²) >= 11 is 3.40. The zero-order chi connectivity index (χ0) is 11.5. The number of nitrogen functional groups attached to an aromatic ring is 1. The largest absolute Gasteiger partial charge is 0.383 e. The number of halogens is 1. The average molecular weight is 287 g/mol. The summed E-state index contributed by atoms with van der Waals surface area (Å²) < 4.78 is 6.33. The van der Waals surface area contributed by atoms with Crippen molar-refractivity contribution in [3.8, 4) is 0 Å². The summed E-state index contributed by atoms with van der Waals surface area (Å²) in [5.74, 6) is 1.27. The Bertz CT molecular complexity index is 368.